The third-order valence-corrected chi connectivity index (χ3v) is 6.92. The summed E-state index contributed by atoms with van der Waals surface area (Å²) in [6, 6.07) is 18.0. The second kappa shape index (κ2) is 11.2. The van der Waals surface area contributed by atoms with Gasteiger partial charge in [-0.1, -0.05) is 53.5 Å². The largest absolute Gasteiger partial charge is 0.489 e. The Morgan fingerprint density at radius 2 is 1.78 bits per heavy atom. The van der Waals surface area contributed by atoms with Crippen LogP contribution in [0, 0.1) is 13.8 Å². The summed E-state index contributed by atoms with van der Waals surface area (Å²) in [5, 5.41) is 3.37. The summed E-state index contributed by atoms with van der Waals surface area (Å²) in [7, 11) is 0. The Morgan fingerprint density at radius 1 is 1.03 bits per heavy atom. The van der Waals surface area contributed by atoms with E-state index in [1.165, 1.54) is 0 Å². The van der Waals surface area contributed by atoms with E-state index in [0.29, 0.717) is 21.5 Å². The SMILES string of the molecule is Cc1ccc(C)c(NC(=O)CN2C(=O)S/C(=C/c3ccc(OCc4ccc(Cl)cc4Cl)cc3)C2=O)c1. The number of anilines is 1. The van der Waals surface area contributed by atoms with Gasteiger partial charge >= 0.3 is 0 Å². The van der Waals surface area contributed by atoms with Crippen LogP contribution in [0.5, 0.6) is 5.75 Å². The van der Waals surface area contributed by atoms with E-state index in [0.717, 1.165) is 38.9 Å². The molecule has 0 spiro atoms. The van der Waals surface area contributed by atoms with Gasteiger partial charge in [0.25, 0.3) is 11.1 Å². The number of ether oxygens (including phenoxy) is 1. The number of amides is 3. The molecule has 184 valence electrons. The lowest BCUT2D eigenvalue weighted by atomic mass is 10.1. The predicted octanol–water partition coefficient (Wildman–Crippen LogP) is 6.86. The zero-order valence-electron chi connectivity index (χ0n) is 19.5. The number of halogens is 2. The highest BCUT2D eigenvalue weighted by atomic mass is 35.5. The molecule has 4 rings (SSSR count). The van der Waals surface area contributed by atoms with Crippen molar-refractivity contribution >= 4 is 63.8 Å². The van der Waals surface area contributed by atoms with Crippen molar-refractivity contribution in [1.82, 2.24) is 4.90 Å². The number of benzene rings is 3. The minimum Gasteiger partial charge on any atom is -0.489 e. The van der Waals surface area contributed by atoms with E-state index in [4.69, 9.17) is 27.9 Å². The van der Waals surface area contributed by atoms with Gasteiger partial charge in [0.2, 0.25) is 5.91 Å². The number of imide groups is 1. The van der Waals surface area contributed by atoms with Crippen LogP contribution in [0.4, 0.5) is 10.5 Å². The van der Waals surface area contributed by atoms with Gasteiger partial charge in [0, 0.05) is 21.3 Å². The monoisotopic (exact) mass is 540 g/mol. The maximum Gasteiger partial charge on any atom is 0.294 e. The molecular weight excluding hydrogens is 519 g/mol. The number of rotatable bonds is 7. The van der Waals surface area contributed by atoms with E-state index in [9.17, 15) is 14.4 Å². The van der Waals surface area contributed by atoms with Crippen LogP contribution >= 0.6 is 35.0 Å². The van der Waals surface area contributed by atoms with Crippen LogP contribution in [0.3, 0.4) is 0 Å². The second-order valence-corrected chi connectivity index (χ2v) is 10.1. The molecule has 0 bridgehead atoms. The molecule has 9 heteroatoms. The van der Waals surface area contributed by atoms with E-state index in [2.05, 4.69) is 5.32 Å². The van der Waals surface area contributed by atoms with Crippen molar-refractivity contribution in [2.75, 3.05) is 11.9 Å². The van der Waals surface area contributed by atoms with Crippen LogP contribution in [0.25, 0.3) is 6.08 Å². The summed E-state index contributed by atoms with van der Waals surface area (Å²) in [6.45, 7) is 3.72. The first-order valence-corrected chi connectivity index (χ1v) is 12.6. The molecule has 1 heterocycles. The van der Waals surface area contributed by atoms with Crippen LogP contribution < -0.4 is 10.1 Å². The highest BCUT2D eigenvalue weighted by Crippen LogP contribution is 2.32. The van der Waals surface area contributed by atoms with E-state index >= 15 is 0 Å². The minimum atomic E-state index is -0.501. The van der Waals surface area contributed by atoms with Gasteiger partial charge in [-0.3, -0.25) is 19.3 Å². The highest BCUT2D eigenvalue weighted by Gasteiger charge is 2.36. The first-order chi connectivity index (χ1) is 17.2. The number of aryl methyl sites for hydroxylation is 2. The van der Waals surface area contributed by atoms with Crippen LogP contribution in [0.15, 0.2) is 65.6 Å². The van der Waals surface area contributed by atoms with Crippen molar-refractivity contribution in [2.24, 2.45) is 0 Å². The molecule has 1 saturated heterocycles. The fourth-order valence-corrected chi connectivity index (χ4v) is 4.75. The molecule has 3 amide bonds. The molecule has 0 aromatic heterocycles. The predicted molar refractivity (Wildman–Crippen MR) is 144 cm³/mol. The summed E-state index contributed by atoms with van der Waals surface area (Å²) in [5.41, 5.74) is 4.07. The van der Waals surface area contributed by atoms with Crippen LogP contribution in [-0.2, 0) is 16.2 Å². The van der Waals surface area contributed by atoms with E-state index < -0.39 is 17.1 Å². The van der Waals surface area contributed by atoms with Crippen LogP contribution in [0.2, 0.25) is 10.0 Å². The number of thioether (sulfide) groups is 1. The van der Waals surface area contributed by atoms with Crippen molar-refractivity contribution in [1.29, 1.82) is 0 Å². The topological polar surface area (TPSA) is 75.7 Å². The zero-order valence-corrected chi connectivity index (χ0v) is 21.8. The number of nitrogens with zero attached hydrogens (tertiary/aromatic N) is 1. The summed E-state index contributed by atoms with van der Waals surface area (Å²) in [6.07, 6.45) is 1.62. The lowest BCUT2D eigenvalue weighted by Gasteiger charge is -2.14. The summed E-state index contributed by atoms with van der Waals surface area (Å²) in [4.78, 5) is 38.9. The molecule has 0 atom stereocenters. The molecule has 36 heavy (non-hydrogen) atoms. The number of hydrogen-bond acceptors (Lipinski definition) is 5. The fourth-order valence-electron chi connectivity index (χ4n) is 3.45. The Balaban J connectivity index is 1.37. The average Bonchev–Trinajstić information content (AvgIpc) is 3.09. The third-order valence-electron chi connectivity index (χ3n) is 5.43. The lowest BCUT2D eigenvalue weighted by Crippen LogP contribution is -2.36. The zero-order chi connectivity index (χ0) is 25.8. The highest BCUT2D eigenvalue weighted by molar-refractivity contribution is 8.18. The van der Waals surface area contributed by atoms with E-state index in [1.807, 2.05) is 32.0 Å². The Bertz CT molecular complexity index is 1370. The molecule has 0 aliphatic carbocycles. The maximum absolute atomic E-state index is 12.8. The molecule has 1 aliphatic rings. The maximum atomic E-state index is 12.8. The molecule has 1 fully saturated rings. The Morgan fingerprint density at radius 3 is 2.50 bits per heavy atom. The molecule has 0 saturated carbocycles. The number of nitrogens with one attached hydrogen (secondary N) is 1. The van der Waals surface area contributed by atoms with Gasteiger partial charge in [0.15, 0.2) is 0 Å². The van der Waals surface area contributed by atoms with Crippen molar-refractivity contribution in [3.05, 3.63) is 97.9 Å². The summed E-state index contributed by atoms with van der Waals surface area (Å²) >= 11 is 12.9. The van der Waals surface area contributed by atoms with Crippen LogP contribution in [-0.4, -0.2) is 28.5 Å². The molecule has 1 N–H and O–H groups in total. The first-order valence-electron chi connectivity index (χ1n) is 11.0. The smallest absolute Gasteiger partial charge is 0.294 e. The number of hydrogen-bond donors (Lipinski definition) is 1. The quantitative estimate of drug-likeness (QED) is 0.331. The van der Waals surface area contributed by atoms with Gasteiger partial charge in [0.1, 0.15) is 18.9 Å². The minimum absolute atomic E-state index is 0.251. The molecular formula is C27H22Cl2N2O4S. The number of carbonyl (C=O) groups is 3. The third kappa shape index (κ3) is 6.29. The Hall–Kier alpha value is -3.26. The van der Waals surface area contributed by atoms with Gasteiger partial charge in [-0.05, 0) is 78.7 Å². The summed E-state index contributed by atoms with van der Waals surface area (Å²) in [5.74, 6) is -0.317. The Labute approximate surface area is 223 Å². The molecule has 6 nitrogen and oxygen atoms in total. The average molecular weight is 541 g/mol. The van der Waals surface area contributed by atoms with E-state index in [-0.39, 0.29) is 18.1 Å². The molecule has 3 aromatic rings. The lowest BCUT2D eigenvalue weighted by molar-refractivity contribution is -0.127. The molecule has 3 aromatic carbocycles. The van der Waals surface area contributed by atoms with Gasteiger partial charge in [-0.25, -0.2) is 0 Å². The molecule has 0 radical (unpaired) electrons. The van der Waals surface area contributed by atoms with E-state index in [1.54, 1.807) is 48.5 Å². The van der Waals surface area contributed by atoms with Gasteiger partial charge in [0.05, 0.1) is 4.91 Å². The van der Waals surface area contributed by atoms with Crippen molar-refractivity contribution in [3.63, 3.8) is 0 Å². The number of carbonyl (C=O) groups excluding carboxylic acids is 3. The van der Waals surface area contributed by atoms with Crippen molar-refractivity contribution in [2.45, 2.75) is 20.5 Å². The van der Waals surface area contributed by atoms with Gasteiger partial charge in [-0.2, -0.15) is 0 Å². The van der Waals surface area contributed by atoms with Crippen LogP contribution in [0.1, 0.15) is 22.3 Å². The Kier molecular flexibility index (Phi) is 8.04. The molecule has 0 unspecified atom stereocenters. The normalized spacial score (nSPS) is 14.4. The first kappa shape index (κ1) is 25.8. The van der Waals surface area contributed by atoms with Crippen molar-refractivity contribution < 1.29 is 19.1 Å². The van der Waals surface area contributed by atoms with Crippen molar-refractivity contribution in [3.8, 4) is 5.75 Å². The van der Waals surface area contributed by atoms with Gasteiger partial charge in [-0.15, -0.1) is 0 Å². The standard InChI is InChI=1S/C27H22Cl2N2O4S/c1-16-3-4-17(2)23(11-16)30-25(32)14-31-26(33)24(36-27(31)34)12-18-5-9-21(10-6-18)35-15-19-7-8-20(28)13-22(19)29/h3-13H,14-15H2,1-2H3,(H,30,32)/b24-12+. The molecule has 1 aliphatic heterocycles. The fraction of sp³-hybridized carbons (Fsp3) is 0.148. The van der Waals surface area contributed by atoms with Gasteiger partial charge < -0.3 is 10.1 Å². The second-order valence-electron chi connectivity index (χ2n) is 8.23. The summed E-state index contributed by atoms with van der Waals surface area (Å²) < 4.78 is 5.77.